The van der Waals surface area contributed by atoms with Crippen molar-refractivity contribution in [3.63, 3.8) is 0 Å². The van der Waals surface area contributed by atoms with Crippen LogP contribution in [-0.4, -0.2) is 35.1 Å². The number of amidine groups is 1. The summed E-state index contributed by atoms with van der Waals surface area (Å²) in [6.07, 6.45) is 7.32. The maximum absolute atomic E-state index is 12.4. The first-order valence-electron chi connectivity index (χ1n) is 8.34. The first kappa shape index (κ1) is 18.1. The molecule has 0 radical (unpaired) electrons. The standard InChI is InChI=1S/C19H19ClN4O2/c1-12(2)11-24-17(15-5-3-4-6-16(15)22-19(24)26)23-18(25)21-14-9-7-13(20)8-10-14/h3-10,12,15H,11H2,1-2H3,(H,21,25)/b23-17-. The molecule has 2 aliphatic rings. The molecule has 0 aromatic heterocycles. The van der Waals surface area contributed by atoms with Crippen molar-refractivity contribution in [2.45, 2.75) is 13.8 Å². The summed E-state index contributed by atoms with van der Waals surface area (Å²) in [6.45, 7) is 4.43. The molecule has 1 aromatic rings. The van der Waals surface area contributed by atoms with Crippen molar-refractivity contribution < 1.29 is 9.59 Å². The van der Waals surface area contributed by atoms with Crippen molar-refractivity contribution in [2.24, 2.45) is 21.8 Å². The second-order valence-electron chi connectivity index (χ2n) is 6.45. The largest absolute Gasteiger partial charge is 0.349 e. The Labute approximate surface area is 157 Å². The number of aliphatic imine (C=N–C) groups is 2. The van der Waals surface area contributed by atoms with Crippen molar-refractivity contribution in [3.8, 4) is 0 Å². The van der Waals surface area contributed by atoms with Gasteiger partial charge in [0.1, 0.15) is 5.84 Å². The highest BCUT2D eigenvalue weighted by atomic mass is 35.5. The molecule has 26 heavy (non-hydrogen) atoms. The van der Waals surface area contributed by atoms with Gasteiger partial charge in [-0.05, 0) is 36.3 Å². The van der Waals surface area contributed by atoms with Gasteiger partial charge in [0.15, 0.2) is 0 Å². The number of urea groups is 2. The Morgan fingerprint density at radius 1 is 1.31 bits per heavy atom. The van der Waals surface area contributed by atoms with Gasteiger partial charge in [0.05, 0.1) is 11.6 Å². The number of allylic oxidation sites excluding steroid dienone is 3. The van der Waals surface area contributed by atoms with Crippen LogP contribution in [0.3, 0.4) is 0 Å². The van der Waals surface area contributed by atoms with Crippen molar-refractivity contribution >= 4 is 40.9 Å². The Morgan fingerprint density at radius 3 is 2.73 bits per heavy atom. The molecule has 1 aliphatic heterocycles. The quantitative estimate of drug-likeness (QED) is 0.847. The summed E-state index contributed by atoms with van der Waals surface area (Å²) in [4.78, 5) is 34.7. The maximum Gasteiger partial charge on any atom is 0.349 e. The SMILES string of the molecule is CC(C)CN1C(=O)N=C2C=CC=CC2/C1=N/C(=O)Nc1ccc(Cl)cc1. The van der Waals surface area contributed by atoms with E-state index in [1.54, 1.807) is 30.3 Å². The Bertz CT molecular complexity index is 838. The Balaban J connectivity index is 1.90. The number of fused-ring (bicyclic) bond motifs is 1. The average molecular weight is 371 g/mol. The number of rotatable bonds is 3. The smallest absolute Gasteiger partial charge is 0.306 e. The van der Waals surface area contributed by atoms with Crippen LogP contribution in [0, 0.1) is 11.8 Å². The zero-order valence-corrected chi connectivity index (χ0v) is 15.3. The van der Waals surface area contributed by atoms with Crippen LogP contribution in [0.25, 0.3) is 0 Å². The van der Waals surface area contributed by atoms with Crippen molar-refractivity contribution in [2.75, 3.05) is 11.9 Å². The molecule has 1 aromatic carbocycles. The lowest BCUT2D eigenvalue weighted by molar-refractivity contribution is 0.224. The summed E-state index contributed by atoms with van der Waals surface area (Å²) in [5.74, 6) is 0.288. The van der Waals surface area contributed by atoms with Crippen LogP contribution in [-0.2, 0) is 0 Å². The fourth-order valence-corrected chi connectivity index (χ4v) is 2.87. The minimum absolute atomic E-state index is 0.211. The third-order valence-corrected chi connectivity index (χ3v) is 4.12. The number of halogens is 1. The zero-order valence-electron chi connectivity index (χ0n) is 14.5. The maximum atomic E-state index is 12.4. The molecular formula is C19H19ClN4O2. The van der Waals surface area contributed by atoms with Crippen LogP contribution in [0.1, 0.15) is 13.8 Å². The molecule has 0 saturated carbocycles. The van der Waals surface area contributed by atoms with E-state index in [0.717, 1.165) is 0 Å². The zero-order chi connectivity index (χ0) is 18.7. The van der Waals surface area contributed by atoms with Crippen LogP contribution >= 0.6 is 11.6 Å². The Hall–Kier alpha value is -2.73. The van der Waals surface area contributed by atoms with Gasteiger partial charge in [0.25, 0.3) is 0 Å². The van der Waals surface area contributed by atoms with E-state index in [4.69, 9.17) is 11.6 Å². The molecule has 1 unspecified atom stereocenters. The number of hydrogen-bond acceptors (Lipinski definition) is 2. The lowest BCUT2D eigenvalue weighted by atomic mass is 9.94. The van der Waals surface area contributed by atoms with Crippen molar-refractivity contribution in [1.82, 2.24) is 4.90 Å². The van der Waals surface area contributed by atoms with Crippen LogP contribution < -0.4 is 5.32 Å². The topological polar surface area (TPSA) is 74.1 Å². The number of benzene rings is 1. The summed E-state index contributed by atoms with van der Waals surface area (Å²) in [7, 11) is 0. The van der Waals surface area contributed by atoms with Gasteiger partial charge < -0.3 is 5.32 Å². The van der Waals surface area contributed by atoms with E-state index >= 15 is 0 Å². The summed E-state index contributed by atoms with van der Waals surface area (Å²) >= 11 is 5.85. The molecule has 1 heterocycles. The van der Waals surface area contributed by atoms with Gasteiger partial charge in [-0.1, -0.05) is 43.7 Å². The molecular weight excluding hydrogens is 352 g/mol. The predicted octanol–water partition coefficient (Wildman–Crippen LogP) is 4.55. The molecule has 0 spiro atoms. The lowest BCUT2D eigenvalue weighted by Crippen LogP contribution is -2.48. The molecule has 3 rings (SSSR count). The monoisotopic (exact) mass is 370 g/mol. The van der Waals surface area contributed by atoms with Crippen molar-refractivity contribution in [3.05, 3.63) is 53.6 Å². The van der Waals surface area contributed by atoms with E-state index < -0.39 is 12.1 Å². The Kier molecular flexibility index (Phi) is 5.32. The van der Waals surface area contributed by atoms with Gasteiger partial charge >= 0.3 is 12.1 Å². The second-order valence-corrected chi connectivity index (χ2v) is 6.89. The fourth-order valence-electron chi connectivity index (χ4n) is 2.75. The van der Waals surface area contributed by atoms with Gasteiger partial charge in [0, 0.05) is 17.3 Å². The molecule has 6 nitrogen and oxygen atoms in total. The highest BCUT2D eigenvalue weighted by molar-refractivity contribution is 6.30. The molecule has 0 saturated heterocycles. The van der Waals surface area contributed by atoms with Gasteiger partial charge in [0.2, 0.25) is 0 Å². The lowest BCUT2D eigenvalue weighted by Gasteiger charge is -2.32. The number of anilines is 1. The Morgan fingerprint density at radius 2 is 2.04 bits per heavy atom. The summed E-state index contributed by atoms with van der Waals surface area (Å²) < 4.78 is 0. The molecule has 134 valence electrons. The van der Waals surface area contributed by atoms with Crippen LogP contribution in [0.2, 0.25) is 5.02 Å². The van der Waals surface area contributed by atoms with Gasteiger partial charge in [-0.15, -0.1) is 0 Å². The molecule has 0 fully saturated rings. The first-order chi connectivity index (χ1) is 12.4. The van der Waals surface area contributed by atoms with E-state index in [1.807, 2.05) is 32.1 Å². The van der Waals surface area contributed by atoms with E-state index in [9.17, 15) is 9.59 Å². The normalized spacial score (nSPS) is 20.4. The van der Waals surface area contributed by atoms with Crippen LogP contribution in [0.15, 0.2) is 58.6 Å². The number of amides is 4. The van der Waals surface area contributed by atoms with Crippen LogP contribution in [0.5, 0.6) is 0 Å². The average Bonchev–Trinajstić information content (AvgIpc) is 2.59. The fraction of sp³-hybridized carbons (Fsp3) is 0.263. The number of carbonyl (C=O) groups excluding carboxylic acids is 2. The number of nitrogens with one attached hydrogen (secondary N) is 1. The predicted molar refractivity (Wildman–Crippen MR) is 104 cm³/mol. The number of nitrogens with zero attached hydrogens (tertiary/aromatic N) is 3. The van der Waals surface area contributed by atoms with E-state index in [-0.39, 0.29) is 11.8 Å². The van der Waals surface area contributed by atoms with E-state index in [0.29, 0.717) is 28.8 Å². The van der Waals surface area contributed by atoms with Crippen molar-refractivity contribution in [1.29, 1.82) is 0 Å². The summed E-state index contributed by atoms with van der Waals surface area (Å²) in [6, 6.07) is 5.79. The number of hydrogen-bond donors (Lipinski definition) is 1. The molecule has 0 bridgehead atoms. The molecule has 4 amide bonds. The molecule has 1 N–H and O–H groups in total. The minimum atomic E-state index is -0.548. The third kappa shape index (κ3) is 4.08. The van der Waals surface area contributed by atoms with E-state index in [2.05, 4.69) is 15.3 Å². The van der Waals surface area contributed by atoms with E-state index in [1.165, 1.54) is 4.90 Å². The second kappa shape index (κ2) is 7.66. The van der Waals surface area contributed by atoms with Crippen LogP contribution in [0.4, 0.5) is 15.3 Å². The molecule has 1 atom stereocenters. The minimum Gasteiger partial charge on any atom is -0.306 e. The highest BCUT2D eigenvalue weighted by Crippen LogP contribution is 2.22. The number of carbonyl (C=O) groups is 2. The van der Waals surface area contributed by atoms with Gasteiger partial charge in [-0.2, -0.15) is 9.98 Å². The molecule has 1 aliphatic carbocycles. The first-order valence-corrected chi connectivity index (χ1v) is 8.72. The van der Waals surface area contributed by atoms with Gasteiger partial charge in [-0.25, -0.2) is 9.59 Å². The van der Waals surface area contributed by atoms with Gasteiger partial charge in [-0.3, -0.25) is 4.90 Å². The summed E-state index contributed by atoms with van der Waals surface area (Å²) in [5, 5.41) is 3.27. The third-order valence-electron chi connectivity index (χ3n) is 3.87. The highest BCUT2D eigenvalue weighted by Gasteiger charge is 2.34. The summed E-state index contributed by atoms with van der Waals surface area (Å²) in [5.41, 5.74) is 1.17. The molecule has 7 heteroatoms.